The molecule has 49 heavy (non-hydrogen) atoms. The van der Waals surface area contributed by atoms with Gasteiger partial charge in [-0.1, -0.05) is 23.8 Å². The van der Waals surface area contributed by atoms with E-state index in [4.69, 9.17) is 9.47 Å². The molecule has 1 unspecified atom stereocenters. The molecule has 2 amide bonds. The lowest BCUT2D eigenvalue weighted by Gasteiger charge is -2.31. The van der Waals surface area contributed by atoms with Crippen molar-refractivity contribution in [2.75, 3.05) is 5.32 Å². The van der Waals surface area contributed by atoms with Crippen LogP contribution < -0.4 is 20.9 Å². The summed E-state index contributed by atoms with van der Waals surface area (Å²) in [4.78, 5) is 41.2. The number of ether oxygens (including phenoxy) is 2. The third kappa shape index (κ3) is 7.00. The number of fused-ring (bicyclic) bond motifs is 1. The summed E-state index contributed by atoms with van der Waals surface area (Å²) in [5, 5.41) is 5.38. The van der Waals surface area contributed by atoms with Crippen LogP contribution in [-0.4, -0.2) is 45.8 Å². The number of allylic oxidation sites excluding steroid dienone is 3. The van der Waals surface area contributed by atoms with Crippen molar-refractivity contribution in [3.63, 3.8) is 0 Å². The number of hydrogen-bond acceptors (Lipinski definition) is 7. The fraction of sp³-hybridized carbons (Fsp3) is 0.286. The third-order valence-corrected chi connectivity index (χ3v) is 10.6. The van der Waals surface area contributed by atoms with Gasteiger partial charge in [-0.15, -0.1) is 0 Å². The number of amides is 2. The quantitative estimate of drug-likeness (QED) is 0.185. The molecule has 0 saturated heterocycles. The topological polar surface area (TPSA) is 149 Å². The van der Waals surface area contributed by atoms with Gasteiger partial charge in [0.15, 0.2) is 11.6 Å². The highest BCUT2D eigenvalue weighted by molar-refractivity contribution is 7.91. The Morgan fingerprint density at radius 1 is 1.06 bits per heavy atom. The van der Waals surface area contributed by atoms with Crippen LogP contribution in [0.1, 0.15) is 48.0 Å². The van der Waals surface area contributed by atoms with Crippen molar-refractivity contribution in [1.82, 2.24) is 14.3 Å². The van der Waals surface area contributed by atoms with Gasteiger partial charge in [-0.2, -0.15) is 0 Å². The van der Waals surface area contributed by atoms with Crippen LogP contribution in [-0.2, 0) is 19.6 Å². The molecule has 0 saturated carbocycles. The number of nitrogens with zero attached hydrogens (tertiary/aromatic N) is 1. The van der Waals surface area contributed by atoms with Gasteiger partial charge in [-0.3, -0.25) is 9.59 Å². The monoisotopic (exact) mass is 694 g/mol. The molecule has 2 aromatic heterocycles. The van der Waals surface area contributed by atoms with Crippen LogP contribution in [0, 0.1) is 11.6 Å². The fourth-order valence-corrected chi connectivity index (χ4v) is 7.17. The zero-order valence-electron chi connectivity index (χ0n) is 27.7. The number of benzene rings is 2. The Kier molecular flexibility index (Phi) is 9.30. The zero-order chi connectivity index (χ0) is 35.9. The van der Waals surface area contributed by atoms with E-state index < -0.39 is 55.6 Å². The third-order valence-electron chi connectivity index (χ3n) is 8.13. The summed E-state index contributed by atoms with van der Waals surface area (Å²) >= 11 is 0. The summed E-state index contributed by atoms with van der Waals surface area (Å²) in [7, 11) is -4.18. The maximum atomic E-state index is 14.7. The minimum absolute atomic E-state index is 0.0375. The van der Waals surface area contributed by atoms with Crippen molar-refractivity contribution in [2.45, 2.75) is 64.4 Å². The van der Waals surface area contributed by atoms with Crippen molar-refractivity contribution < 1.29 is 36.3 Å². The average molecular weight is 695 g/mol. The van der Waals surface area contributed by atoms with Crippen molar-refractivity contribution in [3.8, 4) is 22.6 Å². The number of alkyl carbamates (subject to hydrolysis) is 1. The lowest BCUT2D eigenvalue weighted by Crippen LogP contribution is -2.43. The predicted molar refractivity (Wildman–Crippen MR) is 182 cm³/mol. The Balaban J connectivity index is 1.60. The van der Waals surface area contributed by atoms with E-state index in [9.17, 15) is 31.6 Å². The maximum absolute atomic E-state index is 14.7. The predicted octanol–water partition coefficient (Wildman–Crippen LogP) is 6.76. The smallest absolute Gasteiger partial charge is 0.408 e. The molecule has 0 aliphatic heterocycles. The molecule has 2 atom stereocenters. The Morgan fingerprint density at radius 3 is 2.45 bits per heavy atom. The van der Waals surface area contributed by atoms with Crippen LogP contribution in [0.5, 0.6) is 11.5 Å². The van der Waals surface area contributed by atoms with Crippen molar-refractivity contribution >= 4 is 38.6 Å². The minimum Gasteiger partial charge on any atom is -0.454 e. The number of carbonyl (C=O) groups is 2. The summed E-state index contributed by atoms with van der Waals surface area (Å²) < 4.78 is 67.3. The summed E-state index contributed by atoms with van der Waals surface area (Å²) in [5.41, 5.74) is -0.312. The molecule has 2 heterocycles. The van der Waals surface area contributed by atoms with E-state index in [1.807, 2.05) is 0 Å². The first-order chi connectivity index (χ1) is 22.9. The van der Waals surface area contributed by atoms with Gasteiger partial charge in [-0.25, -0.2) is 26.0 Å². The van der Waals surface area contributed by atoms with Gasteiger partial charge in [0.25, 0.3) is 5.56 Å². The SMILES string of the molecule is CC1=CC=CCC1(C)S(=O)(=O)n1ccc2c(-c3cc(NC(=O)[C@H](C)NC(=O)OC(C)(C)C)ccc3Oc3ccc(F)cc3F)c[nH]c(=O)c21. The number of halogens is 2. The standard InChI is InChI=1S/C35H36F2N4O7S/c1-20-9-7-8-15-35(20,6)49(45,46)41-16-14-24-26(19-38-32(43)30(24)41)25-18-23(40-31(42)21(2)39-33(44)48-34(3,4)5)11-13-28(25)47-29-12-10-22(36)17-27(29)37/h7-14,16-19,21H,15H2,1-6H3,(H,38,43)(H,39,44)(H,40,42)/t21-,35?/m0/s1. The van der Waals surface area contributed by atoms with E-state index in [-0.39, 0.29) is 45.6 Å². The lowest BCUT2D eigenvalue weighted by molar-refractivity contribution is -0.117. The van der Waals surface area contributed by atoms with E-state index in [2.05, 4.69) is 15.6 Å². The van der Waals surface area contributed by atoms with E-state index in [1.54, 1.807) is 52.8 Å². The molecule has 258 valence electrons. The van der Waals surface area contributed by atoms with Gasteiger partial charge in [0, 0.05) is 40.7 Å². The molecule has 0 radical (unpaired) electrons. The van der Waals surface area contributed by atoms with E-state index in [1.165, 1.54) is 43.6 Å². The highest BCUT2D eigenvalue weighted by Gasteiger charge is 2.43. The molecular weight excluding hydrogens is 658 g/mol. The van der Waals surface area contributed by atoms with Crippen LogP contribution in [0.15, 0.2) is 83.5 Å². The fourth-order valence-electron chi connectivity index (χ4n) is 5.31. The number of anilines is 1. The van der Waals surface area contributed by atoms with Crippen molar-refractivity contribution in [1.29, 1.82) is 0 Å². The number of pyridine rings is 1. The number of aromatic nitrogens is 2. The number of H-pyrrole nitrogens is 1. The second-order valence-corrected chi connectivity index (χ2v) is 15.1. The van der Waals surface area contributed by atoms with Gasteiger partial charge in [0.2, 0.25) is 15.9 Å². The first kappa shape index (κ1) is 35.1. The molecule has 0 bridgehead atoms. The van der Waals surface area contributed by atoms with Crippen LogP contribution in [0.25, 0.3) is 22.0 Å². The van der Waals surface area contributed by atoms with E-state index >= 15 is 0 Å². The van der Waals surface area contributed by atoms with E-state index in [0.29, 0.717) is 11.6 Å². The Labute approximate surface area is 281 Å². The number of rotatable bonds is 8. The molecule has 11 nitrogen and oxygen atoms in total. The molecule has 1 aliphatic rings. The van der Waals surface area contributed by atoms with Gasteiger partial charge in [-0.05, 0) is 84.4 Å². The van der Waals surface area contributed by atoms with Gasteiger partial charge in [0.05, 0.1) is 0 Å². The Morgan fingerprint density at radius 2 is 1.78 bits per heavy atom. The second-order valence-electron chi connectivity index (χ2n) is 12.9. The molecule has 0 spiro atoms. The number of hydrogen-bond donors (Lipinski definition) is 3. The molecular formula is C35H36F2N4O7S. The zero-order valence-corrected chi connectivity index (χ0v) is 28.5. The average Bonchev–Trinajstić information content (AvgIpc) is 3.47. The van der Waals surface area contributed by atoms with Crippen molar-refractivity contribution in [2.24, 2.45) is 0 Å². The molecule has 4 aromatic rings. The summed E-state index contributed by atoms with van der Waals surface area (Å²) in [6, 6.07) is 7.60. The van der Waals surface area contributed by atoms with Gasteiger partial charge >= 0.3 is 6.09 Å². The molecule has 2 aromatic carbocycles. The van der Waals surface area contributed by atoms with E-state index in [0.717, 1.165) is 16.1 Å². The van der Waals surface area contributed by atoms with Gasteiger partial charge in [0.1, 0.15) is 33.5 Å². The van der Waals surface area contributed by atoms with Crippen LogP contribution in [0.4, 0.5) is 19.3 Å². The number of aromatic amines is 1. The number of carbonyl (C=O) groups excluding carboxylic acids is 2. The van der Waals surface area contributed by atoms with Crippen molar-refractivity contribution in [3.05, 3.63) is 101 Å². The summed E-state index contributed by atoms with van der Waals surface area (Å²) in [6.07, 6.45) is 7.28. The molecule has 5 rings (SSSR count). The first-order valence-corrected chi connectivity index (χ1v) is 16.7. The molecule has 14 heteroatoms. The highest BCUT2D eigenvalue weighted by Crippen LogP contribution is 2.41. The van der Waals surface area contributed by atoms with Crippen LogP contribution >= 0.6 is 0 Å². The Hall–Kier alpha value is -5.24. The summed E-state index contributed by atoms with van der Waals surface area (Å²) in [5.74, 6) is -2.66. The molecule has 0 fully saturated rings. The highest BCUT2D eigenvalue weighted by atomic mass is 32.2. The van der Waals surface area contributed by atoms with Gasteiger partial charge < -0.3 is 25.1 Å². The molecule has 3 N–H and O–H groups in total. The first-order valence-electron chi connectivity index (χ1n) is 15.3. The van der Waals surface area contributed by atoms with Crippen LogP contribution in [0.2, 0.25) is 0 Å². The normalized spacial score (nSPS) is 16.9. The maximum Gasteiger partial charge on any atom is 0.408 e. The second kappa shape index (κ2) is 13.0. The summed E-state index contributed by atoms with van der Waals surface area (Å²) in [6.45, 7) is 9.82. The lowest BCUT2D eigenvalue weighted by atomic mass is 9.94. The van der Waals surface area contributed by atoms with Crippen LogP contribution in [0.3, 0.4) is 0 Å². The number of nitrogens with one attached hydrogen (secondary N) is 3. The largest absolute Gasteiger partial charge is 0.454 e. The molecule has 1 aliphatic carbocycles. The minimum atomic E-state index is -4.18. The Bertz CT molecular complexity index is 2200.